The fourth-order valence-electron chi connectivity index (χ4n) is 4.56. The lowest BCUT2D eigenvalue weighted by molar-refractivity contribution is -0.417. The topological polar surface area (TPSA) is 47.9 Å². The summed E-state index contributed by atoms with van der Waals surface area (Å²) in [6, 6.07) is 0. The minimum atomic E-state index is -0.650. The maximum absolute atomic E-state index is 10.1. The van der Waals surface area contributed by atoms with Gasteiger partial charge >= 0.3 is 0 Å². The molecule has 1 aliphatic heterocycles. The van der Waals surface area contributed by atoms with Crippen LogP contribution >= 0.6 is 0 Å². The number of aliphatic hydroxyl groups excluding tert-OH is 1. The molecule has 1 spiro atoms. The molecule has 1 heterocycles. The Morgan fingerprint density at radius 2 is 2.11 bits per heavy atom. The summed E-state index contributed by atoms with van der Waals surface area (Å²) < 4.78 is 18.0. The van der Waals surface area contributed by atoms with Crippen LogP contribution in [0.4, 0.5) is 0 Å². The molecule has 0 radical (unpaired) electrons. The van der Waals surface area contributed by atoms with Crippen molar-refractivity contribution in [3.8, 4) is 12.3 Å². The molecule has 0 amide bonds. The van der Waals surface area contributed by atoms with Crippen molar-refractivity contribution in [3.63, 3.8) is 0 Å². The van der Waals surface area contributed by atoms with Gasteiger partial charge in [0, 0.05) is 18.4 Å². The fourth-order valence-corrected chi connectivity index (χ4v) is 4.56. The predicted molar refractivity (Wildman–Crippen MR) is 69.2 cm³/mol. The van der Waals surface area contributed by atoms with Crippen molar-refractivity contribution in [2.75, 3.05) is 19.8 Å². The van der Waals surface area contributed by atoms with Gasteiger partial charge in [-0.05, 0) is 19.8 Å². The molecule has 3 aliphatic rings. The van der Waals surface area contributed by atoms with Crippen LogP contribution in [-0.4, -0.2) is 42.4 Å². The van der Waals surface area contributed by atoms with Gasteiger partial charge in [-0.25, -0.2) is 0 Å². The molecule has 0 aromatic rings. The van der Waals surface area contributed by atoms with E-state index in [1.807, 2.05) is 6.92 Å². The summed E-state index contributed by atoms with van der Waals surface area (Å²) >= 11 is 0. The SMILES string of the molecule is C#CC1C(O)CCC2(OCC)C1C(C)C21OCCO1. The molecule has 106 valence electrons. The summed E-state index contributed by atoms with van der Waals surface area (Å²) in [6.45, 7) is 5.89. The number of terminal acetylenes is 1. The second-order valence-electron chi connectivity index (χ2n) is 5.80. The van der Waals surface area contributed by atoms with Gasteiger partial charge in [-0.15, -0.1) is 12.3 Å². The molecular weight excluding hydrogens is 244 g/mol. The lowest BCUT2D eigenvalue weighted by Crippen LogP contribution is -2.80. The Morgan fingerprint density at radius 1 is 1.42 bits per heavy atom. The first-order valence-electron chi connectivity index (χ1n) is 7.19. The van der Waals surface area contributed by atoms with Crippen LogP contribution in [0.3, 0.4) is 0 Å². The van der Waals surface area contributed by atoms with E-state index in [0.29, 0.717) is 26.2 Å². The summed E-state index contributed by atoms with van der Waals surface area (Å²) in [4.78, 5) is 0. The van der Waals surface area contributed by atoms with Gasteiger partial charge in [0.05, 0.1) is 25.2 Å². The summed E-state index contributed by atoms with van der Waals surface area (Å²) in [5, 5.41) is 10.1. The van der Waals surface area contributed by atoms with Crippen molar-refractivity contribution in [1.29, 1.82) is 0 Å². The largest absolute Gasteiger partial charge is 0.392 e. The number of hydrogen-bond donors (Lipinski definition) is 1. The first-order chi connectivity index (χ1) is 9.13. The van der Waals surface area contributed by atoms with E-state index in [4.69, 9.17) is 20.6 Å². The molecule has 0 aromatic carbocycles. The molecule has 1 saturated heterocycles. The highest BCUT2D eigenvalue weighted by molar-refractivity contribution is 5.25. The van der Waals surface area contributed by atoms with Gasteiger partial charge in [0.15, 0.2) is 0 Å². The molecule has 0 bridgehead atoms. The van der Waals surface area contributed by atoms with Crippen molar-refractivity contribution in [3.05, 3.63) is 0 Å². The zero-order valence-electron chi connectivity index (χ0n) is 11.6. The van der Waals surface area contributed by atoms with E-state index in [9.17, 15) is 5.11 Å². The second-order valence-corrected chi connectivity index (χ2v) is 5.80. The molecule has 5 unspecified atom stereocenters. The van der Waals surface area contributed by atoms with E-state index < -0.39 is 17.5 Å². The van der Waals surface area contributed by atoms with E-state index in [2.05, 4.69) is 12.8 Å². The van der Waals surface area contributed by atoms with Crippen LogP contribution < -0.4 is 0 Å². The van der Waals surface area contributed by atoms with Crippen molar-refractivity contribution >= 4 is 0 Å². The maximum atomic E-state index is 10.1. The normalized spacial score (nSPS) is 47.5. The van der Waals surface area contributed by atoms with Crippen LogP contribution in [0.5, 0.6) is 0 Å². The Bertz CT molecular complexity index is 395. The van der Waals surface area contributed by atoms with Crippen molar-refractivity contribution in [1.82, 2.24) is 0 Å². The van der Waals surface area contributed by atoms with E-state index >= 15 is 0 Å². The Kier molecular flexibility index (Phi) is 3.14. The van der Waals surface area contributed by atoms with Gasteiger partial charge in [-0.1, -0.05) is 6.92 Å². The number of ether oxygens (including phenoxy) is 3. The molecular formula is C15H22O4. The third-order valence-electron chi connectivity index (χ3n) is 5.19. The summed E-state index contributed by atoms with van der Waals surface area (Å²) in [6.07, 6.45) is 6.59. The molecule has 2 saturated carbocycles. The van der Waals surface area contributed by atoms with Gasteiger partial charge in [0.2, 0.25) is 5.79 Å². The minimum Gasteiger partial charge on any atom is -0.392 e. The molecule has 4 nitrogen and oxygen atoms in total. The quantitative estimate of drug-likeness (QED) is 0.762. The number of rotatable bonds is 2. The van der Waals surface area contributed by atoms with Crippen LogP contribution in [0, 0.1) is 30.1 Å². The zero-order chi connectivity index (χ0) is 13.7. The molecule has 2 aliphatic carbocycles. The second kappa shape index (κ2) is 4.46. The Hall–Kier alpha value is -0.600. The summed E-state index contributed by atoms with van der Waals surface area (Å²) in [5.41, 5.74) is -0.478. The molecule has 1 N–H and O–H groups in total. The molecule has 3 rings (SSSR count). The van der Waals surface area contributed by atoms with Gasteiger partial charge in [0.1, 0.15) is 5.60 Å². The standard InChI is InChI=1S/C15H22O4/c1-4-11-12(16)6-7-14(17-5-2)13(11)10(3)15(14)18-8-9-19-15/h1,10-13,16H,5-9H2,2-3H3. The van der Waals surface area contributed by atoms with E-state index in [-0.39, 0.29) is 17.8 Å². The lowest BCUT2D eigenvalue weighted by atomic mass is 9.47. The molecule has 3 fully saturated rings. The van der Waals surface area contributed by atoms with Crippen molar-refractivity contribution in [2.45, 2.75) is 44.2 Å². The average Bonchev–Trinajstić information content (AvgIpc) is 2.92. The lowest BCUT2D eigenvalue weighted by Gasteiger charge is -2.68. The highest BCUT2D eigenvalue weighted by atomic mass is 16.8. The molecule has 0 aromatic heterocycles. The Morgan fingerprint density at radius 3 is 2.68 bits per heavy atom. The maximum Gasteiger partial charge on any atom is 0.201 e. The summed E-state index contributed by atoms with van der Waals surface area (Å²) in [5.74, 6) is 2.20. The third kappa shape index (κ3) is 1.45. The molecule has 4 heteroatoms. The third-order valence-corrected chi connectivity index (χ3v) is 5.19. The van der Waals surface area contributed by atoms with Gasteiger partial charge in [-0.2, -0.15) is 0 Å². The van der Waals surface area contributed by atoms with Gasteiger partial charge in [-0.3, -0.25) is 0 Å². The minimum absolute atomic E-state index is 0.110. The van der Waals surface area contributed by atoms with Crippen LogP contribution in [0.25, 0.3) is 0 Å². The number of fused-ring (bicyclic) bond motifs is 2. The predicted octanol–water partition coefficient (Wildman–Crippen LogP) is 1.17. The Balaban J connectivity index is 1.98. The highest BCUT2D eigenvalue weighted by Crippen LogP contribution is 2.65. The van der Waals surface area contributed by atoms with Crippen LogP contribution in [0.1, 0.15) is 26.7 Å². The number of hydrogen-bond acceptors (Lipinski definition) is 4. The zero-order valence-corrected chi connectivity index (χ0v) is 11.6. The molecule has 19 heavy (non-hydrogen) atoms. The highest BCUT2D eigenvalue weighted by Gasteiger charge is 2.77. The average molecular weight is 266 g/mol. The van der Waals surface area contributed by atoms with E-state index in [1.54, 1.807) is 0 Å². The van der Waals surface area contributed by atoms with E-state index in [0.717, 1.165) is 6.42 Å². The van der Waals surface area contributed by atoms with E-state index in [1.165, 1.54) is 0 Å². The first-order valence-corrected chi connectivity index (χ1v) is 7.19. The van der Waals surface area contributed by atoms with Crippen LogP contribution in [0.2, 0.25) is 0 Å². The monoisotopic (exact) mass is 266 g/mol. The number of aliphatic hydroxyl groups is 1. The van der Waals surface area contributed by atoms with Crippen molar-refractivity contribution < 1.29 is 19.3 Å². The Labute approximate surface area is 114 Å². The smallest absolute Gasteiger partial charge is 0.201 e. The molecule has 5 atom stereocenters. The van der Waals surface area contributed by atoms with Gasteiger partial charge in [0.25, 0.3) is 0 Å². The van der Waals surface area contributed by atoms with Crippen LogP contribution in [-0.2, 0) is 14.2 Å². The van der Waals surface area contributed by atoms with Crippen LogP contribution in [0.15, 0.2) is 0 Å². The fraction of sp³-hybridized carbons (Fsp3) is 0.867. The summed E-state index contributed by atoms with van der Waals surface area (Å²) in [7, 11) is 0. The van der Waals surface area contributed by atoms with Gasteiger partial charge < -0.3 is 19.3 Å². The first kappa shape index (κ1) is 13.4. The van der Waals surface area contributed by atoms with Crippen molar-refractivity contribution in [2.24, 2.45) is 17.8 Å².